The number of rotatable bonds is 4. The lowest BCUT2D eigenvalue weighted by molar-refractivity contribution is 0.688. The summed E-state index contributed by atoms with van der Waals surface area (Å²) in [6.45, 7) is 9.98. The molecule has 0 radical (unpaired) electrons. The Morgan fingerprint density at radius 1 is 1.33 bits per heavy atom. The maximum absolute atomic E-state index is 4.63. The molecule has 0 aliphatic carbocycles. The number of aromatic nitrogens is 2. The maximum atomic E-state index is 4.63. The molecule has 1 saturated heterocycles. The molecule has 0 saturated carbocycles. The van der Waals surface area contributed by atoms with E-state index in [0.29, 0.717) is 16.4 Å². The van der Waals surface area contributed by atoms with Crippen molar-refractivity contribution >= 4 is 40.2 Å². The van der Waals surface area contributed by atoms with Gasteiger partial charge in [0.15, 0.2) is 5.82 Å². The molecule has 3 atom stereocenters. The van der Waals surface area contributed by atoms with Gasteiger partial charge < -0.3 is 5.32 Å². The second kappa shape index (κ2) is 6.48. The average molecular weight is 304 g/mol. The monoisotopic (exact) mass is 303 g/mol. The van der Waals surface area contributed by atoms with Crippen molar-refractivity contribution < 1.29 is 0 Å². The van der Waals surface area contributed by atoms with Crippen LogP contribution in [0.4, 0.5) is 5.13 Å². The van der Waals surface area contributed by atoms with Gasteiger partial charge in [-0.2, -0.15) is 16.1 Å². The minimum atomic E-state index is 0.465. The third-order valence-corrected chi connectivity index (χ3v) is 7.02. The summed E-state index contributed by atoms with van der Waals surface area (Å²) in [5.41, 5.74) is 0. The molecule has 18 heavy (non-hydrogen) atoms. The van der Waals surface area contributed by atoms with E-state index in [4.69, 9.17) is 0 Å². The first-order chi connectivity index (χ1) is 8.56. The first-order valence-electron chi connectivity index (χ1n) is 6.40. The van der Waals surface area contributed by atoms with Gasteiger partial charge in [-0.15, -0.1) is 11.8 Å². The fourth-order valence-corrected chi connectivity index (χ4v) is 5.19. The summed E-state index contributed by atoms with van der Waals surface area (Å²) in [6, 6.07) is 0. The predicted molar refractivity (Wildman–Crippen MR) is 85.0 cm³/mol. The van der Waals surface area contributed by atoms with Crippen molar-refractivity contribution in [1.29, 1.82) is 0 Å². The predicted octanol–water partition coefficient (Wildman–Crippen LogP) is 3.90. The minimum Gasteiger partial charge on any atom is -0.360 e. The molecular weight excluding hydrogens is 282 g/mol. The SMILES string of the molecule is CC(C)CNc1nc(C2CSC(C)C(C)S2)ns1. The molecule has 0 spiro atoms. The second-order valence-corrected chi connectivity index (χ2v) is 8.85. The van der Waals surface area contributed by atoms with E-state index in [1.165, 1.54) is 11.5 Å². The summed E-state index contributed by atoms with van der Waals surface area (Å²) in [4.78, 5) is 4.63. The van der Waals surface area contributed by atoms with E-state index >= 15 is 0 Å². The first kappa shape index (κ1) is 14.5. The third kappa shape index (κ3) is 3.78. The molecule has 1 aromatic rings. The Kier molecular flexibility index (Phi) is 5.21. The normalized spacial score (nSPS) is 28.6. The van der Waals surface area contributed by atoms with Gasteiger partial charge in [0.05, 0.1) is 5.25 Å². The summed E-state index contributed by atoms with van der Waals surface area (Å²) in [6.07, 6.45) is 0. The van der Waals surface area contributed by atoms with Gasteiger partial charge in [-0.3, -0.25) is 0 Å². The molecule has 0 bridgehead atoms. The van der Waals surface area contributed by atoms with E-state index in [9.17, 15) is 0 Å². The largest absolute Gasteiger partial charge is 0.360 e. The molecule has 6 heteroatoms. The zero-order valence-electron chi connectivity index (χ0n) is 11.3. The van der Waals surface area contributed by atoms with Gasteiger partial charge in [-0.1, -0.05) is 27.7 Å². The van der Waals surface area contributed by atoms with Crippen LogP contribution in [0.15, 0.2) is 0 Å². The van der Waals surface area contributed by atoms with E-state index in [1.54, 1.807) is 0 Å². The molecule has 2 heterocycles. The average Bonchev–Trinajstić information content (AvgIpc) is 2.79. The van der Waals surface area contributed by atoms with E-state index in [0.717, 1.165) is 28.5 Å². The lowest BCUT2D eigenvalue weighted by Gasteiger charge is -2.29. The van der Waals surface area contributed by atoms with Crippen molar-refractivity contribution in [3.05, 3.63) is 5.82 Å². The zero-order valence-corrected chi connectivity index (χ0v) is 13.8. The van der Waals surface area contributed by atoms with Crippen LogP contribution in [0.25, 0.3) is 0 Å². The summed E-state index contributed by atoms with van der Waals surface area (Å²) in [5.74, 6) is 2.79. The molecule has 0 amide bonds. The third-order valence-electron chi connectivity index (χ3n) is 2.94. The van der Waals surface area contributed by atoms with Crippen molar-refractivity contribution in [2.24, 2.45) is 5.92 Å². The van der Waals surface area contributed by atoms with Crippen LogP contribution in [0.1, 0.15) is 38.8 Å². The highest BCUT2D eigenvalue weighted by molar-refractivity contribution is 8.07. The van der Waals surface area contributed by atoms with Crippen LogP contribution in [0.3, 0.4) is 0 Å². The number of anilines is 1. The minimum absolute atomic E-state index is 0.465. The lowest BCUT2D eigenvalue weighted by atomic mass is 10.2. The summed E-state index contributed by atoms with van der Waals surface area (Å²) >= 11 is 5.55. The molecule has 1 aliphatic heterocycles. The summed E-state index contributed by atoms with van der Waals surface area (Å²) in [7, 11) is 0. The van der Waals surface area contributed by atoms with Gasteiger partial charge in [-0.05, 0) is 5.92 Å². The Labute approximate surface area is 122 Å². The fraction of sp³-hybridized carbons (Fsp3) is 0.833. The van der Waals surface area contributed by atoms with E-state index < -0.39 is 0 Å². The number of hydrogen-bond acceptors (Lipinski definition) is 6. The van der Waals surface area contributed by atoms with Gasteiger partial charge >= 0.3 is 0 Å². The van der Waals surface area contributed by atoms with E-state index in [1.807, 2.05) is 23.5 Å². The van der Waals surface area contributed by atoms with Crippen LogP contribution in [0.5, 0.6) is 0 Å². The van der Waals surface area contributed by atoms with Crippen LogP contribution in [-0.2, 0) is 0 Å². The highest BCUT2D eigenvalue weighted by atomic mass is 32.2. The molecule has 3 unspecified atom stereocenters. The Bertz CT molecular complexity index is 380. The van der Waals surface area contributed by atoms with E-state index in [2.05, 4.69) is 42.4 Å². The summed E-state index contributed by atoms with van der Waals surface area (Å²) < 4.78 is 4.51. The Morgan fingerprint density at radius 2 is 2.11 bits per heavy atom. The van der Waals surface area contributed by atoms with Crippen LogP contribution in [0.2, 0.25) is 0 Å². The molecule has 1 N–H and O–H groups in total. The first-order valence-corrected chi connectivity index (χ1v) is 9.17. The maximum Gasteiger partial charge on any atom is 0.202 e. The van der Waals surface area contributed by atoms with Gasteiger partial charge in [0, 0.05) is 34.3 Å². The highest BCUT2D eigenvalue weighted by Gasteiger charge is 2.29. The zero-order chi connectivity index (χ0) is 13.1. The van der Waals surface area contributed by atoms with Gasteiger partial charge in [0.1, 0.15) is 0 Å². The van der Waals surface area contributed by atoms with Crippen molar-refractivity contribution in [1.82, 2.24) is 9.36 Å². The van der Waals surface area contributed by atoms with Crippen LogP contribution in [-0.4, -0.2) is 32.2 Å². The highest BCUT2D eigenvalue weighted by Crippen LogP contribution is 2.43. The van der Waals surface area contributed by atoms with Gasteiger partial charge in [-0.25, -0.2) is 4.98 Å². The number of thioether (sulfide) groups is 2. The van der Waals surface area contributed by atoms with Crippen molar-refractivity contribution in [3.8, 4) is 0 Å². The molecule has 0 aromatic carbocycles. The van der Waals surface area contributed by atoms with E-state index in [-0.39, 0.29) is 0 Å². The van der Waals surface area contributed by atoms with Crippen molar-refractivity contribution in [3.63, 3.8) is 0 Å². The molecule has 102 valence electrons. The Balaban J connectivity index is 1.93. The Hall–Kier alpha value is 0.0600. The van der Waals surface area contributed by atoms with Crippen molar-refractivity contribution in [2.45, 2.75) is 43.4 Å². The fourth-order valence-electron chi connectivity index (χ4n) is 1.65. The number of nitrogens with zero attached hydrogens (tertiary/aromatic N) is 2. The standard InChI is InChI=1S/C12H21N3S3/c1-7(2)5-13-12-14-11(15-18-12)10-6-16-8(3)9(4)17-10/h7-10H,5-6H2,1-4H3,(H,13,14,15). The second-order valence-electron chi connectivity index (χ2n) is 5.10. The molecule has 2 rings (SSSR count). The molecule has 3 nitrogen and oxygen atoms in total. The number of hydrogen-bond donors (Lipinski definition) is 1. The van der Waals surface area contributed by atoms with Crippen LogP contribution >= 0.6 is 35.1 Å². The smallest absolute Gasteiger partial charge is 0.202 e. The molecule has 1 aliphatic rings. The Morgan fingerprint density at radius 3 is 2.78 bits per heavy atom. The van der Waals surface area contributed by atoms with Crippen LogP contribution in [0, 0.1) is 5.92 Å². The van der Waals surface area contributed by atoms with Gasteiger partial charge in [0.25, 0.3) is 0 Å². The topological polar surface area (TPSA) is 37.8 Å². The van der Waals surface area contributed by atoms with Gasteiger partial charge in [0.2, 0.25) is 5.13 Å². The quantitative estimate of drug-likeness (QED) is 0.913. The van der Waals surface area contributed by atoms with Crippen LogP contribution < -0.4 is 5.32 Å². The molecule has 1 fully saturated rings. The lowest BCUT2D eigenvalue weighted by Crippen LogP contribution is -2.22. The summed E-state index contributed by atoms with van der Waals surface area (Å²) in [5, 5.41) is 6.21. The van der Waals surface area contributed by atoms with Crippen molar-refractivity contribution in [2.75, 3.05) is 17.6 Å². The molecule has 1 aromatic heterocycles. The number of nitrogens with one attached hydrogen (secondary N) is 1. The molecular formula is C12H21N3S3.